The van der Waals surface area contributed by atoms with Gasteiger partial charge in [0.05, 0.1) is 4.47 Å². The average molecular weight is 296 g/mol. The Labute approximate surface area is 107 Å². The van der Waals surface area contributed by atoms with Crippen molar-refractivity contribution in [3.8, 4) is 0 Å². The normalized spacial score (nSPS) is 12.5. The van der Waals surface area contributed by atoms with E-state index in [0.29, 0.717) is 10.0 Å². The first kappa shape index (κ1) is 12.2. The average Bonchev–Trinajstić information content (AvgIpc) is 2.32. The third kappa shape index (κ3) is 2.53. The number of aryl methyl sites for hydroxylation is 1. The summed E-state index contributed by atoms with van der Waals surface area (Å²) < 4.78 is 14.2. The lowest BCUT2D eigenvalue weighted by atomic mass is 10.0. The summed E-state index contributed by atoms with van der Waals surface area (Å²) >= 11 is 3.10. The van der Waals surface area contributed by atoms with Gasteiger partial charge in [0.25, 0.3) is 0 Å². The highest BCUT2D eigenvalue weighted by molar-refractivity contribution is 9.10. The van der Waals surface area contributed by atoms with Crippen LogP contribution in [0.5, 0.6) is 0 Å². The molecule has 0 saturated heterocycles. The fourth-order valence-corrected chi connectivity index (χ4v) is 2.02. The van der Waals surface area contributed by atoms with Gasteiger partial charge in [-0.05, 0) is 34.5 Å². The zero-order valence-electron chi connectivity index (χ0n) is 9.19. The third-order valence-electron chi connectivity index (χ3n) is 2.49. The van der Waals surface area contributed by atoms with Crippen molar-refractivity contribution in [3.05, 3.63) is 63.6 Å². The Kier molecular flexibility index (Phi) is 3.54. The van der Waals surface area contributed by atoms with Gasteiger partial charge in [0.1, 0.15) is 11.9 Å². The molecule has 2 nitrogen and oxygen atoms in total. The lowest BCUT2D eigenvalue weighted by molar-refractivity contribution is 0.214. The van der Waals surface area contributed by atoms with Crippen LogP contribution in [-0.4, -0.2) is 10.1 Å². The summed E-state index contributed by atoms with van der Waals surface area (Å²) in [6, 6.07) is 6.64. The van der Waals surface area contributed by atoms with Crippen molar-refractivity contribution in [3.63, 3.8) is 0 Å². The first-order valence-electron chi connectivity index (χ1n) is 5.13. The second-order valence-electron chi connectivity index (χ2n) is 3.84. The monoisotopic (exact) mass is 295 g/mol. The number of hydrogen-bond donors (Lipinski definition) is 1. The zero-order chi connectivity index (χ0) is 12.4. The molecule has 1 heterocycles. The summed E-state index contributed by atoms with van der Waals surface area (Å²) in [6.45, 7) is 1.88. The van der Waals surface area contributed by atoms with Gasteiger partial charge in [0, 0.05) is 23.5 Å². The maximum Gasteiger partial charge on any atom is 0.143 e. The predicted octanol–water partition coefficient (Wildman–Crippen LogP) is 3.37. The van der Waals surface area contributed by atoms with E-state index >= 15 is 0 Å². The summed E-state index contributed by atoms with van der Waals surface area (Å²) in [7, 11) is 0. The van der Waals surface area contributed by atoms with Gasteiger partial charge in [-0.1, -0.05) is 18.2 Å². The number of nitrogens with zero attached hydrogens (tertiary/aromatic N) is 1. The fraction of sp³-hybridized carbons (Fsp3) is 0.154. The van der Waals surface area contributed by atoms with Crippen LogP contribution in [-0.2, 0) is 0 Å². The number of aromatic nitrogens is 1. The van der Waals surface area contributed by atoms with Crippen molar-refractivity contribution in [2.75, 3.05) is 0 Å². The van der Waals surface area contributed by atoms with Crippen molar-refractivity contribution in [2.45, 2.75) is 13.0 Å². The second kappa shape index (κ2) is 4.94. The number of rotatable bonds is 2. The highest BCUT2D eigenvalue weighted by atomic mass is 79.9. The summed E-state index contributed by atoms with van der Waals surface area (Å²) in [4.78, 5) is 3.99. The topological polar surface area (TPSA) is 33.1 Å². The molecule has 2 aromatic rings. The summed E-state index contributed by atoms with van der Waals surface area (Å²) in [5.74, 6) is -0.443. The van der Waals surface area contributed by atoms with E-state index < -0.39 is 11.9 Å². The molecule has 0 aliphatic rings. The van der Waals surface area contributed by atoms with Gasteiger partial charge in [-0.3, -0.25) is 4.98 Å². The van der Waals surface area contributed by atoms with Crippen LogP contribution in [0.25, 0.3) is 0 Å². The maximum atomic E-state index is 13.8. The van der Waals surface area contributed by atoms with Crippen LogP contribution in [0.15, 0.2) is 41.1 Å². The number of aliphatic hydroxyl groups is 1. The lowest BCUT2D eigenvalue weighted by Gasteiger charge is -2.13. The molecule has 0 saturated carbocycles. The molecule has 0 amide bonds. The fourth-order valence-electron chi connectivity index (χ4n) is 1.64. The number of pyridine rings is 1. The molecule has 1 N–H and O–H groups in total. The second-order valence-corrected chi connectivity index (χ2v) is 4.70. The van der Waals surface area contributed by atoms with E-state index in [4.69, 9.17) is 0 Å². The smallest absolute Gasteiger partial charge is 0.143 e. The number of halogens is 2. The summed E-state index contributed by atoms with van der Waals surface area (Å²) in [6.07, 6.45) is 2.23. The maximum absolute atomic E-state index is 13.8. The predicted molar refractivity (Wildman–Crippen MR) is 67.1 cm³/mol. The molecular weight excluding hydrogens is 285 g/mol. The van der Waals surface area contributed by atoms with Crippen LogP contribution < -0.4 is 0 Å². The van der Waals surface area contributed by atoms with Gasteiger partial charge in [0.15, 0.2) is 0 Å². The molecule has 0 bridgehead atoms. The molecule has 2 rings (SSSR count). The van der Waals surface area contributed by atoms with Crippen LogP contribution in [0.3, 0.4) is 0 Å². The minimum Gasteiger partial charge on any atom is -0.383 e. The Morgan fingerprint density at radius 3 is 2.82 bits per heavy atom. The van der Waals surface area contributed by atoms with Crippen molar-refractivity contribution < 1.29 is 9.50 Å². The van der Waals surface area contributed by atoms with E-state index in [1.54, 1.807) is 30.5 Å². The zero-order valence-corrected chi connectivity index (χ0v) is 10.8. The van der Waals surface area contributed by atoms with Crippen LogP contribution in [0.1, 0.15) is 22.8 Å². The molecule has 0 aliphatic carbocycles. The highest BCUT2D eigenvalue weighted by Gasteiger charge is 2.16. The summed E-state index contributed by atoms with van der Waals surface area (Å²) in [5, 5.41) is 10.1. The number of hydrogen-bond acceptors (Lipinski definition) is 2. The Balaban J connectivity index is 2.44. The molecule has 0 aliphatic heterocycles. The van der Waals surface area contributed by atoms with Crippen molar-refractivity contribution in [1.82, 2.24) is 4.98 Å². The number of aliphatic hydroxyl groups excluding tert-OH is 1. The van der Waals surface area contributed by atoms with Gasteiger partial charge < -0.3 is 5.11 Å². The quantitative estimate of drug-likeness (QED) is 0.921. The van der Waals surface area contributed by atoms with E-state index in [0.717, 1.165) is 5.56 Å². The highest BCUT2D eigenvalue weighted by Crippen LogP contribution is 2.28. The van der Waals surface area contributed by atoms with Gasteiger partial charge in [0.2, 0.25) is 0 Å². The van der Waals surface area contributed by atoms with Crippen molar-refractivity contribution >= 4 is 15.9 Å². The van der Waals surface area contributed by atoms with Crippen LogP contribution in [0.4, 0.5) is 4.39 Å². The van der Waals surface area contributed by atoms with E-state index in [9.17, 15) is 9.50 Å². The minimum absolute atomic E-state index is 0.242. The van der Waals surface area contributed by atoms with E-state index in [-0.39, 0.29) is 5.56 Å². The molecule has 88 valence electrons. The molecular formula is C13H11BrFNO. The molecule has 0 spiro atoms. The van der Waals surface area contributed by atoms with Crippen LogP contribution in [0, 0.1) is 12.7 Å². The number of benzene rings is 1. The van der Waals surface area contributed by atoms with Crippen LogP contribution >= 0.6 is 15.9 Å². The van der Waals surface area contributed by atoms with E-state index in [2.05, 4.69) is 20.9 Å². The SMILES string of the molecule is Cc1cncc(C(O)c2cccc(Br)c2F)c1. The van der Waals surface area contributed by atoms with E-state index in [1.165, 1.54) is 6.20 Å². The molecule has 17 heavy (non-hydrogen) atoms. The standard InChI is InChI=1S/C13H11BrFNO/c1-8-5-9(7-16-6-8)13(17)10-3-2-4-11(14)12(10)15/h2-7,13,17H,1H3. The first-order valence-corrected chi connectivity index (χ1v) is 5.92. The first-order chi connectivity index (χ1) is 8.09. The molecule has 1 aromatic heterocycles. The van der Waals surface area contributed by atoms with Crippen molar-refractivity contribution in [2.24, 2.45) is 0 Å². The Hall–Kier alpha value is -1.26. The van der Waals surface area contributed by atoms with Gasteiger partial charge in [-0.2, -0.15) is 0 Å². The lowest BCUT2D eigenvalue weighted by Crippen LogP contribution is -2.03. The Morgan fingerprint density at radius 1 is 1.35 bits per heavy atom. The largest absolute Gasteiger partial charge is 0.383 e. The molecule has 4 heteroatoms. The Morgan fingerprint density at radius 2 is 2.12 bits per heavy atom. The molecule has 1 aromatic carbocycles. The Bertz CT molecular complexity index is 545. The third-order valence-corrected chi connectivity index (χ3v) is 3.10. The molecule has 1 atom stereocenters. The minimum atomic E-state index is -1.00. The molecule has 1 unspecified atom stereocenters. The van der Waals surface area contributed by atoms with Crippen LogP contribution in [0.2, 0.25) is 0 Å². The van der Waals surface area contributed by atoms with Gasteiger partial charge in [-0.15, -0.1) is 0 Å². The molecule has 0 fully saturated rings. The van der Waals surface area contributed by atoms with Gasteiger partial charge in [-0.25, -0.2) is 4.39 Å². The van der Waals surface area contributed by atoms with Crippen molar-refractivity contribution in [1.29, 1.82) is 0 Å². The molecule has 0 radical (unpaired) electrons. The summed E-state index contributed by atoms with van der Waals surface area (Å²) in [5.41, 5.74) is 1.76. The van der Waals surface area contributed by atoms with E-state index in [1.807, 2.05) is 6.92 Å². The van der Waals surface area contributed by atoms with Gasteiger partial charge >= 0.3 is 0 Å².